The first-order chi connectivity index (χ1) is 11.4. The van der Waals surface area contributed by atoms with Crippen LogP contribution in [0.15, 0.2) is 41.3 Å². The summed E-state index contributed by atoms with van der Waals surface area (Å²) in [5, 5.41) is 5.53. The Balaban J connectivity index is 1.78. The maximum Gasteiger partial charge on any atom is 0.148 e. The molecule has 3 aromatic rings. The molecule has 7 heteroatoms. The molecule has 1 aromatic carbocycles. The van der Waals surface area contributed by atoms with E-state index in [2.05, 4.69) is 21.0 Å². The van der Waals surface area contributed by atoms with E-state index in [0.717, 1.165) is 34.7 Å². The second kappa shape index (κ2) is 6.85. The average molecular weight is 412 g/mol. The van der Waals surface area contributed by atoms with Crippen LogP contribution >= 0.6 is 23.1 Å². The maximum absolute atomic E-state index is 14.2. The smallest absolute Gasteiger partial charge is 0.148 e. The van der Waals surface area contributed by atoms with Crippen molar-refractivity contribution in [2.75, 3.05) is 13.3 Å². The molecule has 0 spiro atoms. The summed E-state index contributed by atoms with van der Waals surface area (Å²) in [4.78, 5) is 0. The number of aromatic nitrogens is 3. The molecule has 128 valence electrons. The van der Waals surface area contributed by atoms with Crippen LogP contribution in [-0.4, -0.2) is 27.7 Å². The van der Waals surface area contributed by atoms with Crippen molar-refractivity contribution in [3.63, 3.8) is 0 Å². The van der Waals surface area contributed by atoms with Crippen molar-refractivity contribution < 1.29 is 8.96 Å². The fourth-order valence-electron chi connectivity index (χ4n) is 2.92. The molecule has 3 rings (SSSR count). The van der Waals surface area contributed by atoms with Crippen LogP contribution in [0.5, 0.6) is 0 Å². The molecule has 24 heavy (non-hydrogen) atoms. The lowest BCUT2D eigenvalue weighted by atomic mass is 10.2. The van der Waals surface area contributed by atoms with Crippen molar-refractivity contribution in [1.29, 1.82) is 0 Å². The molecule has 0 saturated carbocycles. The first kappa shape index (κ1) is 17.4. The van der Waals surface area contributed by atoms with E-state index in [1.54, 1.807) is 31.7 Å². The predicted molar refractivity (Wildman–Crippen MR) is 100 cm³/mol. The van der Waals surface area contributed by atoms with Crippen molar-refractivity contribution in [2.45, 2.75) is 25.9 Å². The summed E-state index contributed by atoms with van der Waals surface area (Å²) in [7, 11) is -2.47. The number of hydrogen-bond acceptors (Lipinski definition) is 2. The molecule has 0 aliphatic rings. The van der Waals surface area contributed by atoms with Gasteiger partial charge in [0.2, 0.25) is 0 Å². The van der Waals surface area contributed by atoms with Crippen molar-refractivity contribution in [2.24, 2.45) is 0 Å². The molecule has 0 unspecified atom stereocenters. The highest BCUT2D eigenvalue weighted by Gasteiger charge is 2.19. The highest BCUT2D eigenvalue weighted by atomic mass is 79.9. The second-order valence-corrected chi connectivity index (χ2v) is 10.4. The molecule has 0 amide bonds. The third-order valence-electron chi connectivity index (χ3n) is 4.05. The molecule has 0 aliphatic heterocycles. The van der Waals surface area contributed by atoms with E-state index in [-0.39, 0.29) is 5.82 Å². The van der Waals surface area contributed by atoms with E-state index in [1.165, 1.54) is 6.20 Å². The van der Waals surface area contributed by atoms with Gasteiger partial charge in [-0.2, -0.15) is 5.10 Å². The van der Waals surface area contributed by atoms with E-state index >= 15 is 0 Å². The van der Waals surface area contributed by atoms with Crippen molar-refractivity contribution in [3.05, 3.63) is 47.1 Å². The van der Waals surface area contributed by atoms with Gasteiger partial charge in [0.15, 0.2) is 0 Å². The number of benzene rings is 1. The third-order valence-corrected chi connectivity index (χ3v) is 5.98. The Bertz CT molecular complexity index is 912. The van der Waals surface area contributed by atoms with Crippen LogP contribution in [0.2, 0.25) is 0 Å². The minimum absolute atomic E-state index is 0.253. The second-order valence-electron chi connectivity index (χ2n) is 6.32. The topological polar surface area (TPSA) is 39.8 Å². The standard InChI is InChI=1S/C17H20BrFN3OP/c1-24(2,23)16-7-5-6-14-15(19)12-21(17(14)16)8-3-4-9-22-11-13(18)10-20-22/h5-7,10-12H,3-4,8-9H2,1-2H3. The zero-order chi connectivity index (χ0) is 17.3. The minimum atomic E-state index is -2.47. The van der Waals surface area contributed by atoms with Gasteiger partial charge >= 0.3 is 0 Å². The molecule has 0 fully saturated rings. The van der Waals surface area contributed by atoms with Crippen molar-refractivity contribution >= 4 is 39.3 Å². The van der Waals surface area contributed by atoms with E-state index in [1.807, 2.05) is 21.5 Å². The Labute approximate surface area is 149 Å². The molecule has 0 N–H and O–H groups in total. The fraction of sp³-hybridized carbons (Fsp3) is 0.353. The Morgan fingerprint density at radius 1 is 1.21 bits per heavy atom. The molecular formula is C17H20BrFN3OP. The Hall–Kier alpha value is -1.39. The van der Waals surface area contributed by atoms with Gasteiger partial charge in [0, 0.05) is 36.2 Å². The Morgan fingerprint density at radius 2 is 1.96 bits per heavy atom. The highest BCUT2D eigenvalue weighted by Crippen LogP contribution is 2.38. The first-order valence-corrected chi connectivity index (χ1v) is 11.3. The van der Waals surface area contributed by atoms with Crippen LogP contribution in [0, 0.1) is 5.82 Å². The van der Waals surface area contributed by atoms with Gasteiger partial charge in [-0.1, -0.05) is 6.07 Å². The summed E-state index contributed by atoms with van der Waals surface area (Å²) in [6.45, 7) is 4.97. The van der Waals surface area contributed by atoms with Gasteiger partial charge in [-0.05, 0) is 54.2 Å². The van der Waals surface area contributed by atoms with Gasteiger partial charge in [-0.25, -0.2) is 4.39 Å². The van der Waals surface area contributed by atoms with Gasteiger partial charge < -0.3 is 9.13 Å². The summed E-state index contributed by atoms with van der Waals surface area (Å²) in [5.41, 5.74) is 0.769. The quantitative estimate of drug-likeness (QED) is 0.443. The highest BCUT2D eigenvalue weighted by molar-refractivity contribution is 9.10. The Morgan fingerprint density at radius 3 is 2.62 bits per heavy atom. The summed E-state index contributed by atoms with van der Waals surface area (Å²) in [6.07, 6.45) is 7.06. The Kier molecular flexibility index (Phi) is 4.97. The summed E-state index contributed by atoms with van der Waals surface area (Å²) in [6, 6.07) is 5.38. The first-order valence-electron chi connectivity index (χ1n) is 7.87. The molecule has 0 aliphatic carbocycles. The number of fused-ring (bicyclic) bond motifs is 1. The number of para-hydroxylation sites is 1. The number of nitrogens with zero attached hydrogens (tertiary/aromatic N) is 3. The molecule has 2 aromatic heterocycles. The van der Waals surface area contributed by atoms with Gasteiger partial charge in [0.05, 0.1) is 16.2 Å². The van der Waals surface area contributed by atoms with Crippen LogP contribution in [-0.2, 0) is 17.7 Å². The van der Waals surface area contributed by atoms with Gasteiger partial charge in [0.25, 0.3) is 0 Å². The van der Waals surface area contributed by atoms with Gasteiger partial charge in [0.1, 0.15) is 13.0 Å². The molecule has 0 bridgehead atoms. The molecule has 2 heterocycles. The number of halogens is 2. The average Bonchev–Trinajstić information content (AvgIpc) is 3.07. The minimum Gasteiger partial charge on any atom is -0.344 e. The number of unbranched alkanes of at least 4 members (excludes halogenated alkanes) is 1. The predicted octanol–water partition coefficient (Wildman–Crippen LogP) is 4.47. The van der Waals surface area contributed by atoms with Gasteiger partial charge in [-0.15, -0.1) is 0 Å². The molecular weight excluding hydrogens is 392 g/mol. The number of rotatable bonds is 6. The fourth-order valence-corrected chi connectivity index (χ4v) is 4.46. The molecule has 4 nitrogen and oxygen atoms in total. The van der Waals surface area contributed by atoms with Crippen LogP contribution in [0.4, 0.5) is 4.39 Å². The lowest BCUT2D eigenvalue weighted by Crippen LogP contribution is -2.10. The lowest BCUT2D eigenvalue weighted by Gasteiger charge is -2.12. The SMILES string of the molecule is CP(C)(=O)c1cccc2c(F)cn(CCCCn3cc(Br)cn3)c12. The summed E-state index contributed by atoms with van der Waals surface area (Å²) < 4.78 is 31.5. The number of aryl methyl sites for hydroxylation is 2. The van der Waals surface area contributed by atoms with E-state index in [9.17, 15) is 8.96 Å². The van der Waals surface area contributed by atoms with E-state index in [0.29, 0.717) is 11.9 Å². The normalized spacial score (nSPS) is 12.2. The number of hydrogen-bond donors (Lipinski definition) is 0. The van der Waals surface area contributed by atoms with Crippen LogP contribution in [0.25, 0.3) is 10.9 Å². The monoisotopic (exact) mass is 411 g/mol. The van der Waals surface area contributed by atoms with Crippen LogP contribution < -0.4 is 5.30 Å². The van der Waals surface area contributed by atoms with Crippen LogP contribution in [0.3, 0.4) is 0 Å². The van der Waals surface area contributed by atoms with Crippen molar-refractivity contribution in [3.8, 4) is 0 Å². The van der Waals surface area contributed by atoms with E-state index in [4.69, 9.17) is 0 Å². The van der Waals surface area contributed by atoms with Crippen molar-refractivity contribution in [1.82, 2.24) is 14.3 Å². The zero-order valence-electron chi connectivity index (χ0n) is 13.7. The third kappa shape index (κ3) is 3.65. The molecule has 0 radical (unpaired) electrons. The zero-order valence-corrected chi connectivity index (χ0v) is 16.2. The maximum atomic E-state index is 14.2. The molecule has 0 atom stereocenters. The molecule has 0 saturated heterocycles. The lowest BCUT2D eigenvalue weighted by molar-refractivity contribution is 0.524. The summed E-state index contributed by atoms with van der Waals surface area (Å²) >= 11 is 3.38. The van der Waals surface area contributed by atoms with Gasteiger partial charge in [-0.3, -0.25) is 4.68 Å². The summed E-state index contributed by atoms with van der Waals surface area (Å²) in [5.74, 6) is -0.253. The van der Waals surface area contributed by atoms with Crippen LogP contribution in [0.1, 0.15) is 12.8 Å². The van der Waals surface area contributed by atoms with E-state index < -0.39 is 7.14 Å². The largest absolute Gasteiger partial charge is 0.344 e.